The summed E-state index contributed by atoms with van der Waals surface area (Å²) >= 11 is 3.37. The number of rotatable bonds is 4. The Morgan fingerprint density at radius 3 is 2.90 bits per heavy atom. The van der Waals surface area contributed by atoms with Crippen molar-refractivity contribution in [3.63, 3.8) is 0 Å². The van der Waals surface area contributed by atoms with Gasteiger partial charge in [0.1, 0.15) is 0 Å². The van der Waals surface area contributed by atoms with Gasteiger partial charge < -0.3 is 10.3 Å². The highest BCUT2D eigenvalue weighted by atomic mass is 79.9. The molecule has 7 heteroatoms. The lowest BCUT2D eigenvalue weighted by Crippen LogP contribution is -2.27. The predicted molar refractivity (Wildman–Crippen MR) is 81.9 cm³/mol. The van der Waals surface area contributed by atoms with Gasteiger partial charge in [0.25, 0.3) is 5.91 Å². The molecular formula is C14H14BrFN4O. The molecular weight excluding hydrogens is 339 g/mol. The number of carbonyl (C=O) groups excluding carboxylic acids is 1. The molecule has 21 heavy (non-hydrogen) atoms. The largest absolute Gasteiger partial charge is 0.337 e. The van der Waals surface area contributed by atoms with Crippen LogP contribution in [0.3, 0.4) is 0 Å². The minimum absolute atomic E-state index is 0.0737. The van der Waals surface area contributed by atoms with E-state index in [9.17, 15) is 9.18 Å². The minimum Gasteiger partial charge on any atom is -0.337 e. The summed E-state index contributed by atoms with van der Waals surface area (Å²) in [5.41, 5.74) is 2.99. The quantitative estimate of drug-likeness (QED) is 0.655. The molecule has 1 aromatic carbocycles. The van der Waals surface area contributed by atoms with Gasteiger partial charge in [0.15, 0.2) is 11.6 Å². The highest BCUT2D eigenvalue weighted by Crippen LogP contribution is 2.18. The number of hydrazine groups is 1. The van der Waals surface area contributed by atoms with Gasteiger partial charge in [0, 0.05) is 24.3 Å². The van der Waals surface area contributed by atoms with Crippen LogP contribution in [0.5, 0.6) is 0 Å². The zero-order valence-electron chi connectivity index (χ0n) is 11.3. The van der Waals surface area contributed by atoms with E-state index < -0.39 is 11.7 Å². The monoisotopic (exact) mass is 352 g/mol. The number of halogens is 2. The summed E-state index contributed by atoms with van der Waals surface area (Å²) in [7, 11) is 1.61. The molecule has 110 valence electrons. The summed E-state index contributed by atoms with van der Waals surface area (Å²) in [4.78, 5) is 17.4. The molecule has 1 amide bonds. The summed E-state index contributed by atoms with van der Waals surface area (Å²) in [6.45, 7) is 0.366. The SMILES string of the molecule is CN(Cc1cccc(Br)c1)C(=O)c1ccnc(NN)c1F. The Balaban J connectivity index is 2.20. The lowest BCUT2D eigenvalue weighted by molar-refractivity contribution is 0.0780. The Morgan fingerprint density at radius 2 is 2.24 bits per heavy atom. The van der Waals surface area contributed by atoms with E-state index in [0.717, 1.165) is 10.0 Å². The van der Waals surface area contributed by atoms with Gasteiger partial charge in [-0.05, 0) is 23.8 Å². The van der Waals surface area contributed by atoms with Gasteiger partial charge >= 0.3 is 0 Å². The van der Waals surface area contributed by atoms with Crippen molar-refractivity contribution in [2.24, 2.45) is 5.84 Å². The molecule has 0 aliphatic carbocycles. The third kappa shape index (κ3) is 3.56. The second-order valence-electron chi connectivity index (χ2n) is 4.46. The van der Waals surface area contributed by atoms with E-state index in [1.54, 1.807) is 7.05 Å². The van der Waals surface area contributed by atoms with Crippen LogP contribution in [0.2, 0.25) is 0 Å². The van der Waals surface area contributed by atoms with E-state index in [0.29, 0.717) is 6.54 Å². The first-order chi connectivity index (χ1) is 10.0. The van der Waals surface area contributed by atoms with Gasteiger partial charge in [-0.3, -0.25) is 4.79 Å². The van der Waals surface area contributed by atoms with Crippen molar-refractivity contribution in [2.45, 2.75) is 6.54 Å². The van der Waals surface area contributed by atoms with Crippen LogP contribution >= 0.6 is 15.9 Å². The molecule has 2 rings (SSSR count). The zero-order chi connectivity index (χ0) is 15.4. The molecule has 0 aliphatic rings. The van der Waals surface area contributed by atoms with E-state index in [-0.39, 0.29) is 11.4 Å². The number of hydrogen-bond acceptors (Lipinski definition) is 4. The van der Waals surface area contributed by atoms with Crippen molar-refractivity contribution in [1.82, 2.24) is 9.88 Å². The molecule has 0 spiro atoms. The van der Waals surface area contributed by atoms with E-state index in [2.05, 4.69) is 26.3 Å². The molecule has 0 bridgehead atoms. The normalized spacial score (nSPS) is 10.3. The number of aromatic nitrogens is 1. The van der Waals surface area contributed by atoms with E-state index >= 15 is 0 Å². The Bertz CT molecular complexity index is 665. The van der Waals surface area contributed by atoms with E-state index in [1.807, 2.05) is 24.3 Å². The fraction of sp³-hybridized carbons (Fsp3) is 0.143. The minimum atomic E-state index is -0.758. The van der Waals surface area contributed by atoms with Crippen molar-refractivity contribution in [3.8, 4) is 0 Å². The van der Waals surface area contributed by atoms with Gasteiger partial charge in [0.2, 0.25) is 0 Å². The topological polar surface area (TPSA) is 71.2 Å². The Kier molecular flexibility index (Phi) is 4.87. The average molecular weight is 353 g/mol. The van der Waals surface area contributed by atoms with Crippen LogP contribution in [0.25, 0.3) is 0 Å². The molecule has 0 saturated carbocycles. The molecule has 3 N–H and O–H groups in total. The number of pyridine rings is 1. The van der Waals surface area contributed by atoms with Crippen LogP contribution < -0.4 is 11.3 Å². The predicted octanol–water partition coefficient (Wildman–Crippen LogP) is 2.54. The third-order valence-corrected chi connectivity index (χ3v) is 3.41. The molecule has 2 aromatic rings. The number of amides is 1. The van der Waals surface area contributed by atoms with Crippen molar-refractivity contribution < 1.29 is 9.18 Å². The first-order valence-electron chi connectivity index (χ1n) is 6.14. The summed E-state index contributed by atoms with van der Waals surface area (Å²) in [6.07, 6.45) is 1.33. The van der Waals surface area contributed by atoms with Crippen molar-refractivity contribution in [2.75, 3.05) is 12.5 Å². The van der Waals surface area contributed by atoms with Crippen LogP contribution in [0.1, 0.15) is 15.9 Å². The molecule has 0 saturated heterocycles. The number of nitrogens with two attached hydrogens (primary N) is 1. The Labute approximate surface area is 130 Å². The average Bonchev–Trinajstić information content (AvgIpc) is 2.47. The highest BCUT2D eigenvalue weighted by Gasteiger charge is 2.19. The van der Waals surface area contributed by atoms with Crippen molar-refractivity contribution in [3.05, 3.63) is 57.9 Å². The maximum absolute atomic E-state index is 14.0. The fourth-order valence-corrected chi connectivity index (χ4v) is 2.34. The van der Waals surface area contributed by atoms with E-state index in [4.69, 9.17) is 5.84 Å². The van der Waals surface area contributed by atoms with Gasteiger partial charge in [0.05, 0.1) is 5.56 Å². The first-order valence-corrected chi connectivity index (χ1v) is 6.93. The number of nitrogen functional groups attached to an aromatic ring is 1. The Morgan fingerprint density at radius 1 is 1.48 bits per heavy atom. The molecule has 1 aromatic heterocycles. The maximum Gasteiger partial charge on any atom is 0.257 e. The second-order valence-corrected chi connectivity index (χ2v) is 5.37. The number of nitrogens with zero attached hydrogens (tertiary/aromatic N) is 2. The lowest BCUT2D eigenvalue weighted by Gasteiger charge is -2.18. The van der Waals surface area contributed by atoms with Crippen molar-refractivity contribution >= 4 is 27.7 Å². The number of carbonyl (C=O) groups is 1. The standard InChI is InChI=1S/C14H14BrFN4O/c1-20(8-9-3-2-4-10(15)7-9)14(21)11-5-6-18-13(19-17)12(11)16/h2-7H,8,17H2,1H3,(H,18,19). The van der Waals surface area contributed by atoms with Gasteiger partial charge in [-0.2, -0.15) is 0 Å². The fourth-order valence-electron chi connectivity index (χ4n) is 1.90. The lowest BCUT2D eigenvalue weighted by atomic mass is 10.2. The van der Waals surface area contributed by atoms with Gasteiger partial charge in [-0.25, -0.2) is 15.2 Å². The van der Waals surface area contributed by atoms with Gasteiger partial charge in [-0.1, -0.05) is 28.1 Å². The molecule has 0 atom stereocenters. The Hall–Kier alpha value is -1.99. The summed E-state index contributed by atoms with van der Waals surface area (Å²) in [5, 5.41) is 0. The molecule has 1 heterocycles. The highest BCUT2D eigenvalue weighted by molar-refractivity contribution is 9.10. The van der Waals surface area contributed by atoms with E-state index in [1.165, 1.54) is 17.2 Å². The number of hydrogen-bond donors (Lipinski definition) is 2. The van der Waals surface area contributed by atoms with Crippen LogP contribution in [-0.2, 0) is 6.54 Å². The van der Waals surface area contributed by atoms with Crippen LogP contribution in [0.15, 0.2) is 41.0 Å². The third-order valence-electron chi connectivity index (χ3n) is 2.91. The number of benzene rings is 1. The van der Waals surface area contributed by atoms with Crippen LogP contribution in [-0.4, -0.2) is 22.8 Å². The summed E-state index contributed by atoms with van der Waals surface area (Å²) in [6, 6.07) is 8.90. The van der Waals surface area contributed by atoms with Crippen LogP contribution in [0.4, 0.5) is 10.2 Å². The first kappa shape index (κ1) is 15.4. The van der Waals surface area contributed by atoms with Crippen LogP contribution in [0, 0.1) is 5.82 Å². The summed E-state index contributed by atoms with van der Waals surface area (Å²) in [5.74, 6) is 3.80. The second kappa shape index (κ2) is 6.64. The smallest absolute Gasteiger partial charge is 0.257 e. The molecule has 0 fully saturated rings. The molecule has 5 nitrogen and oxygen atoms in total. The maximum atomic E-state index is 14.0. The zero-order valence-corrected chi connectivity index (χ0v) is 12.9. The molecule has 0 unspecified atom stereocenters. The molecule has 0 radical (unpaired) electrons. The van der Waals surface area contributed by atoms with Gasteiger partial charge in [-0.15, -0.1) is 0 Å². The molecule has 0 aliphatic heterocycles. The van der Waals surface area contributed by atoms with Crippen molar-refractivity contribution in [1.29, 1.82) is 0 Å². The number of nitrogens with one attached hydrogen (secondary N) is 1. The number of anilines is 1. The summed E-state index contributed by atoms with van der Waals surface area (Å²) < 4.78 is 14.9.